The molecular formula is C23H16F6N6O2. The number of rotatable bonds is 6. The van der Waals surface area contributed by atoms with Crippen LogP contribution >= 0.6 is 0 Å². The number of pyridine rings is 1. The van der Waals surface area contributed by atoms with Crippen molar-refractivity contribution in [2.45, 2.75) is 25.4 Å². The molecule has 1 aliphatic carbocycles. The van der Waals surface area contributed by atoms with Gasteiger partial charge in [-0.3, -0.25) is 4.98 Å². The van der Waals surface area contributed by atoms with Crippen molar-refractivity contribution in [3.63, 3.8) is 0 Å². The fourth-order valence-corrected chi connectivity index (χ4v) is 3.56. The monoisotopic (exact) mass is 522 g/mol. The van der Waals surface area contributed by atoms with Gasteiger partial charge in [0.05, 0.1) is 17.2 Å². The number of nitrogens with zero attached hydrogens (tertiary/aromatic N) is 3. The lowest BCUT2D eigenvalue weighted by molar-refractivity contribution is -0.306. The molecule has 4 aromatic rings. The van der Waals surface area contributed by atoms with E-state index in [0.29, 0.717) is 46.8 Å². The standard InChI is InChI=1S/C23H16F6N6O2/c24-22(25,26)19-11-31-20(35-19)18-10-15(7-8-30-18)36-14-5-6-16-17(9-14)34-21(33-16)32-12-1-3-13(4-2-12)37-23(27,28)29/h1,3,5-11H,2,4H2,(H,31,35)(H2,32,33,34). The number of nitrogens with one attached hydrogen (secondary N) is 3. The van der Waals surface area contributed by atoms with Crippen molar-refractivity contribution in [2.75, 3.05) is 5.32 Å². The van der Waals surface area contributed by atoms with Gasteiger partial charge in [0.2, 0.25) is 5.95 Å². The van der Waals surface area contributed by atoms with Gasteiger partial charge in [0.25, 0.3) is 0 Å². The third-order valence-electron chi connectivity index (χ3n) is 5.18. The fraction of sp³-hybridized carbons (Fsp3) is 0.174. The summed E-state index contributed by atoms with van der Waals surface area (Å²) < 4.78 is 85.3. The van der Waals surface area contributed by atoms with E-state index in [2.05, 4.69) is 35.0 Å². The van der Waals surface area contributed by atoms with Gasteiger partial charge in [-0.15, -0.1) is 13.2 Å². The van der Waals surface area contributed by atoms with Crippen LogP contribution < -0.4 is 10.1 Å². The molecule has 1 aromatic carbocycles. The van der Waals surface area contributed by atoms with Crippen molar-refractivity contribution in [3.05, 3.63) is 72.0 Å². The summed E-state index contributed by atoms with van der Waals surface area (Å²) in [5, 5.41) is 3.03. The second-order valence-electron chi connectivity index (χ2n) is 7.88. The summed E-state index contributed by atoms with van der Waals surface area (Å²) in [6.07, 6.45) is -4.07. The van der Waals surface area contributed by atoms with Crippen LogP contribution in [0.5, 0.6) is 11.5 Å². The molecule has 0 bridgehead atoms. The van der Waals surface area contributed by atoms with Gasteiger partial charge in [0.1, 0.15) is 28.6 Å². The normalized spacial score (nSPS) is 14.3. The first-order valence-electron chi connectivity index (χ1n) is 10.7. The predicted octanol–water partition coefficient (Wildman–Crippen LogP) is 6.67. The number of allylic oxidation sites excluding steroid dienone is 4. The van der Waals surface area contributed by atoms with E-state index in [-0.39, 0.29) is 23.7 Å². The molecule has 3 N–H and O–H groups in total. The number of aromatic amines is 2. The highest BCUT2D eigenvalue weighted by atomic mass is 19.4. The van der Waals surface area contributed by atoms with Crippen LogP contribution in [0.4, 0.5) is 32.3 Å². The fourth-order valence-electron chi connectivity index (χ4n) is 3.56. The zero-order valence-corrected chi connectivity index (χ0v) is 18.5. The van der Waals surface area contributed by atoms with Crippen LogP contribution in [0.25, 0.3) is 22.6 Å². The summed E-state index contributed by atoms with van der Waals surface area (Å²) in [5.74, 6) is 0.904. The van der Waals surface area contributed by atoms with Gasteiger partial charge in [-0.05, 0) is 36.8 Å². The number of hydrogen-bond acceptors (Lipinski definition) is 6. The van der Waals surface area contributed by atoms with Gasteiger partial charge < -0.3 is 24.8 Å². The molecule has 0 aliphatic heterocycles. The van der Waals surface area contributed by atoms with Crippen LogP contribution in [0.15, 0.2) is 66.3 Å². The van der Waals surface area contributed by atoms with Crippen LogP contribution in [-0.2, 0) is 10.9 Å². The highest BCUT2D eigenvalue weighted by molar-refractivity contribution is 5.79. The number of H-pyrrole nitrogens is 2. The number of ether oxygens (including phenoxy) is 2. The number of halogens is 6. The number of imidazole rings is 2. The van der Waals surface area contributed by atoms with Crippen LogP contribution in [0.1, 0.15) is 18.5 Å². The molecule has 0 radical (unpaired) electrons. The summed E-state index contributed by atoms with van der Waals surface area (Å²) in [6, 6.07) is 8.02. The Bertz CT molecular complexity index is 1500. The minimum Gasteiger partial charge on any atom is -0.457 e. The Labute approximate surface area is 204 Å². The largest absolute Gasteiger partial charge is 0.572 e. The Kier molecular flexibility index (Phi) is 6.01. The first kappa shape index (κ1) is 24.2. The Morgan fingerprint density at radius 2 is 1.70 bits per heavy atom. The highest BCUT2D eigenvalue weighted by Crippen LogP contribution is 2.31. The minimum absolute atomic E-state index is 0.0542. The maximum atomic E-state index is 12.8. The second kappa shape index (κ2) is 9.19. The topological polar surface area (TPSA) is 101 Å². The molecule has 0 atom stereocenters. The molecule has 37 heavy (non-hydrogen) atoms. The smallest absolute Gasteiger partial charge is 0.457 e. The molecule has 0 fully saturated rings. The zero-order chi connectivity index (χ0) is 26.2. The van der Waals surface area contributed by atoms with Gasteiger partial charge in [-0.2, -0.15) is 13.2 Å². The second-order valence-corrected chi connectivity index (χ2v) is 7.88. The summed E-state index contributed by atoms with van der Waals surface area (Å²) in [7, 11) is 0. The molecule has 8 nitrogen and oxygen atoms in total. The van der Waals surface area contributed by atoms with Gasteiger partial charge in [0, 0.05) is 30.4 Å². The van der Waals surface area contributed by atoms with Gasteiger partial charge in [-0.1, -0.05) is 0 Å². The first-order chi connectivity index (χ1) is 17.5. The number of benzene rings is 1. The molecule has 0 unspecified atom stereocenters. The molecule has 3 aromatic heterocycles. The predicted molar refractivity (Wildman–Crippen MR) is 119 cm³/mol. The summed E-state index contributed by atoms with van der Waals surface area (Å²) in [5.41, 5.74) is 1.05. The highest BCUT2D eigenvalue weighted by Gasteiger charge is 2.33. The quantitative estimate of drug-likeness (QED) is 0.245. The van der Waals surface area contributed by atoms with E-state index in [4.69, 9.17) is 4.74 Å². The van der Waals surface area contributed by atoms with E-state index in [9.17, 15) is 26.3 Å². The van der Waals surface area contributed by atoms with Crippen molar-refractivity contribution < 1.29 is 35.8 Å². The third kappa shape index (κ3) is 5.85. The lowest BCUT2D eigenvalue weighted by Gasteiger charge is -2.17. The van der Waals surface area contributed by atoms with E-state index in [1.54, 1.807) is 24.3 Å². The van der Waals surface area contributed by atoms with Crippen molar-refractivity contribution in [1.29, 1.82) is 0 Å². The number of anilines is 1. The van der Waals surface area contributed by atoms with Gasteiger partial charge in [-0.25, -0.2) is 9.97 Å². The SMILES string of the molecule is FC(F)(F)OC1=CC=C(Nc2nc3ccc(Oc4ccnc(-c5ncc(C(F)(F)F)[nH]5)c4)cc3[nH]2)CC1. The van der Waals surface area contributed by atoms with E-state index >= 15 is 0 Å². The van der Waals surface area contributed by atoms with Crippen molar-refractivity contribution in [1.82, 2.24) is 24.9 Å². The maximum absolute atomic E-state index is 12.8. The Morgan fingerprint density at radius 3 is 2.41 bits per heavy atom. The summed E-state index contributed by atoms with van der Waals surface area (Å²) in [4.78, 5) is 17.4. The molecule has 0 saturated carbocycles. The Hall–Kier alpha value is -4.49. The summed E-state index contributed by atoms with van der Waals surface area (Å²) >= 11 is 0. The summed E-state index contributed by atoms with van der Waals surface area (Å²) in [6.45, 7) is 0. The first-order valence-corrected chi connectivity index (χ1v) is 10.7. The van der Waals surface area contributed by atoms with Crippen LogP contribution in [0.2, 0.25) is 0 Å². The van der Waals surface area contributed by atoms with E-state index < -0.39 is 18.2 Å². The van der Waals surface area contributed by atoms with Crippen molar-refractivity contribution >= 4 is 17.0 Å². The van der Waals surface area contributed by atoms with Crippen molar-refractivity contribution in [2.24, 2.45) is 0 Å². The zero-order valence-electron chi connectivity index (χ0n) is 18.5. The molecule has 14 heteroatoms. The molecule has 0 amide bonds. The molecular weight excluding hydrogens is 506 g/mol. The van der Waals surface area contributed by atoms with E-state index in [0.717, 1.165) is 0 Å². The minimum atomic E-state index is -4.73. The molecule has 0 spiro atoms. The lowest BCUT2D eigenvalue weighted by Crippen LogP contribution is -2.15. The van der Waals surface area contributed by atoms with E-state index in [1.807, 2.05) is 0 Å². The van der Waals surface area contributed by atoms with Crippen molar-refractivity contribution in [3.8, 4) is 23.0 Å². The van der Waals surface area contributed by atoms with Gasteiger partial charge >= 0.3 is 12.5 Å². The Balaban J connectivity index is 1.29. The molecule has 0 saturated heterocycles. The molecule has 1 aliphatic rings. The van der Waals surface area contributed by atoms with Crippen LogP contribution in [0.3, 0.4) is 0 Å². The van der Waals surface area contributed by atoms with Gasteiger partial charge in [0.15, 0.2) is 5.82 Å². The molecule has 5 rings (SSSR count). The molecule has 192 valence electrons. The molecule has 3 heterocycles. The number of alkyl halides is 6. The van der Waals surface area contributed by atoms with Crippen LogP contribution in [-0.4, -0.2) is 31.3 Å². The van der Waals surface area contributed by atoms with Crippen LogP contribution in [0, 0.1) is 0 Å². The third-order valence-corrected chi connectivity index (χ3v) is 5.18. The number of aromatic nitrogens is 5. The number of hydrogen-bond donors (Lipinski definition) is 3. The lowest BCUT2D eigenvalue weighted by atomic mass is 10.1. The average Bonchev–Trinajstić information content (AvgIpc) is 3.47. The number of fused-ring (bicyclic) bond motifs is 1. The maximum Gasteiger partial charge on any atom is 0.572 e. The van der Waals surface area contributed by atoms with E-state index in [1.165, 1.54) is 24.4 Å². The average molecular weight is 522 g/mol. The Morgan fingerprint density at radius 1 is 0.892 bits per heavy atom.